The van der Waals surface area contributed by atoms with Gasteiger partial charge in [0, 0.05) is 24.4 Å². The van der Waals surface area contributed by atoms with Gasteiger partial charge in [0.1, 0.15) is 4.88 Å². The quantitative estimate of drug-likeness (QED) is 0.199. The van der Waals surface area contributed by atoms with Gasteiger partial charge >= 0.3 is 5.97 Å². The number of hydrogen-bond donors (Lipinski definition) is 3. The number of nitrogen functional groups attached to an aromatic ring is 1. The highest BCUT2D eigenvalue weighted by molar-refractivity contribution is 7.13. The van der Waals surface area contributed by atoms with Gasteiger partial charge in [0.05, 0.1) is 35.6 Å². The molecule has 1 aromatic carbocycles. The number of esters is 1. The zero-order valence-corrected chi connectivity index (χ0v) is 20.0. The molecule has 0 bridgehead atoms. The van der Waals surface area contributed by atoms with E-state index in [0.717, 1.165) is 50.1 Å². The molecular formula is C22H30Cl2N2O4S. The Labute approximate surface area is 197 Å². The highest BCUT2D eigenvalue weighted by Crippen LogP contribution is 2.31. The largest absolute Gasteiger partial charge is 0.465 e. The Morgan fingerprint density at radius 2 is 1.87 bits per heavy atom. The lowest BCUT2D eigenvalue weighted by Crippen LogP contribution is -2.22. The number of nitrogens with one attached hydrogen (secondary N) is 1. The molecule has 0 amide bonds. The molecule has 0 aliphatic heterocycles. The Morgan fingerprint density at radius 3 is 2.58 bits per heavy atom. The van der Waals surface area contributed by atoms with Gasteiger partial charge in [-0.3, -0.25) is 0 Å². The monoisotopic (exact) mass is 488 g/mol. The van der Waals surface area contributed by atoms with E-state index < -0.39 is 6.10 Å². The van der Waals surface area contributed by atoms with E-state index in [4.69, 9.17) is 38.4 Å². The second-order valence-electron chi connectivity index (χ2n) is 7.15. The van der Waals surface area contributed by atoms with Crippen molar-refractivity contribution < 1.29 is 19.4 Å². The number of aliphatic hydroxyl groups excluding tert-OH is 1. The van der Waals surface area contributed by atoms with Crippen LogP contribution in [0.15, 0.2) is 24.3 Å². The van der Waals surface area contributed by atoms with Crippen molar-refractivity contribution in [1.29, 1.82) is 0 Å². The number of anilines is 1. The first-order valence-corrected chi connectivity index (χ1v) is 11.9. The van der Waals surface area contributed by atoms with Crippen LogP contribution < -0.4 is 11.1 Å². The molecule has 0 saturated carbocycles. The van der Waals surface area contributed by atoms with Crippen LogP contribution in [0.2, 0.25) is 10.0 Å². The van der Waals surface area contributed by atoms with Gasteiger partial charge in [-0.2, -0.15) is 0 Å². The molecular weight excluding hydrogens is 459 g/mol. The summed E-state index contributed by atoms with van der Waals surface area (Å²) >= 11 is 13.5. The second kappa shape index (κ2) is 13.9. The predicted octanol–water partition coefficient (Wildman–Crippen LogP) is 4.87. The smallest absolute Gasteiger partial charge is 0.348 e. The summed E-state index contributed by atoms with van der Waals surface area (Å²) in [5.41, 5.74) is 6.69. The fourth-order valence-corrected chi connectivity index (χ4v) is 4.37. The summed E-state index contributed by atoms with van der Waals surface area (Å²) in [5, 5.41) is 14.2. The van der Waals surface area contributed by atoms with Crippen molar-refractivity contribution in [2.75, 3.05) is 39.1 Å². The molecule has 1 heterocycles. The van der Waals surface area contributed by atoms with E-state index in [-0.39, 0.29) is 5.97 Å². The third-order valence-electron chi connectivity index (χ3n) is 4.76. The molecule has 9 heteroatoms. The number of carbonyl (C=O) groups is 1. The summed E-state index contributed by atoms with van der Waals surface area (Å²) < 4.78 is 10.4. The van der Waals surface area contributed by atoms with Crippen molar-refractivity contribution in [3.63, 3.8) is 0 Å². The normalized spacial score (nSPS) is 12.1. The van der Waals surface area contributed by atoms with Crippen molar-refractivity contribution in [1.82, 2.24) is 5.32 Å². The van der Waals surface area contributed by atoms with Crippen LogP contribution in [-0.2, 0) is 15.9 Å². The number of nitrogens with two attached hydrogens (primary N) is 1. The average molecular weight is 489 g/mol. The Bertz CT molecular complexity index is 809. The maximum absolute atomic E-state index is 11.4. The minimum absolute atomic E-state index is 0.291. The minimum Gasteiger partial charge on any atom is -0.465 e. The van der Waals surface area contributed by atoms with Gasteiger partial charge in [-0.15, -0.1) is 11.3 Å². The van der Waals surface area contributed by atoms with Crippen molar-refractivity contribution in [2.45, 2.75) is 38.2 Å². The van der Waals surface area contributed by atoms with Gasteiger partial charge < -0.3 is 25.6 Å². The Hall–Kier alpha value is -1.35. The summed E-state index contributed by atoms with van der Waals surface area (Å²) in [5.74, 6) is -0.291. The highest BCUT2D eigenvalue weighted by Gasteiger charge is 2.12. The van der Waals surface area contributed by atoms with Gasteiger partial charge in [0.2, 0.25) is 0 Å². The first-order chi connectivity index (χ1) is 14.9. The zero-order chi connectivity index (χ0) is 22.6. The number of hydrogen-bond acceptors (Lipinski definition) is 7. The Kier molecular flexibility index (Phi) is 11.6. The van der Waals surface area contributed by atoms with E-state index in [1.54, 1.807) is 18.2 Å². The predicted molar refractivity (Wildman–Crippen MR) is 127 cm³/mol. The standard InChI is InChI=1S/C22H30Cl2N2O4S/c1-29-22(28)20-7-6-16(31-20)8-11-30-10-5-3-2-4-9-26-14-19(27)15-12-17(23)21(25)18(24)13-15/h6-7,12-13,19,26-27H,2-5,8-11,14,25H2,1H3. The Morgan fingerprint density at radius 1 is 1.16 bits per heavy atom. The maximum Gasteiger partial charge on any atom is 0.348 e. The van der Waals surface area contributed by atoms with Gasteiger partial charge in [-0.25, -0.2) is 4.79 Å². The van der Waals surface area contributed by atoms with Crippen LogP contribution in [0.5, 0.6) is 0 Å². The molecule has 0 spiro atoms. The SMILES string of the molecule is COC(=O)c1ccc(CCOCCCCCCNCC(O)c2cc(Cl)c(N)c(Cl)c2)s1. The molecule has 1 unspecified atom stereocenters. The topological polar surface area (TPSA) is 93.8 Å². The molecule has 0 radical (unpaired) electrons. The summed E-state index contributed by atoms with van der Waals surface area (Å²) in [6, 6.07) is 7.02. The van der Waals surface area contributed by atoms with E-state index in [1.807, 2.05) is 6.07 Å². The molecule has 0 aliphatic rings. The molecule has 4 N–H and O–H groups in total. The zero-order valence-electron chi connectivity index (χ0n) is 17.7. The van der Waals surface area contributed by atoms with Gasteiger partial charge in [0.15, 0.2) is 0 Å². The number of aliphatic hydroxyl groups is 1. The number of benzene rings is 1. The molecule has 1 atom stereocenters. The second-order valence-corrected chi connectivity index (χ2v) is 9.14. The van der Waals surface area contributed by atoms with Crippen LogP contribution in [0.1, 0.15) is 51.9 Å². The molecule has 0 aliphatic carbocycles. The van der Waals surface area contributed by atoms with E-state index in [1.165, 1.54) is 18.4 Å². The van der Waals surface area contributed by atoms with E-state index in [9.17, 15) is 9.90 Å². The van der Waals surface area contributed by atoms with E-state index >= 15 is 0 Å². The first kappa shape index (κ1) is 25.9. The van der Waals surface area contributed by atoms with Crippen LogP contribution in [0.4, 0.5) is 5.69 Å². The first-order valence-electron chi connectivity index (χ1n) is 10.3. The van der Waals surface area contributed by atoms with Crippen LogP contribution in [-0.4, -0.2) is 44.5 Å². The molecule has 0 saturated heterocycles. The van der Waals surface area contributed by atoms with Crippen LogP contribution in [0.3, 0.4) is 0 Å². The third kappa shape index (κ3) is 8.96. The average Bonchev–Trinajstić information content (AvgIpc) is 3.23. The molecule has 0 fully saturated rings. The van der Waals surface area contributed by atoms with E-state index in [2.05, 4.69) is 5.32 Å². The number of thiophene rings is 1. The van der Waals surface area contributed by atoms with Gasteiger partial charge in [-0.05, 0) is 49.2 Å². The number of unbranched alkanes of at least 4 members (excludes halogenated alkanes) is 3. The fraction of sp³-hybridized carbons (Fsp3) is 0.500. The van der Waals surface area contributed by atoms with Crippen LogP contribution >= 0.6 is 34.5 Å². The maximum atomic E-state index is 11.4. The lowest BCUT2D eigenvalue weighted by molar-refractivity contribution is 0.0606. The number of methoxy groups -OCH3 is 1. The van der Waals surface area contributed by atoms with Crippen molar-refractivity contribution >= 4 is 46.2 Å². The molecule has 1 aromatic heterocycles. The number of halogens is 2. The number of ether oxygens (including phenoxy) is 2. The summed E-state index contributed by atoms with van der Waals surface area (Å²) in [7, 11) is 1.39. The van der Waals surface area contributed by atoms with Gasteiger partial charge in [0.25, 0.3) is 0 Å². The molecule has 31 heavy (non-hydrogen) atoms. The van der Waals surface area contributed by atoms with E-state index in [0.29, 0.717) is 39.3 Å². The number of carbonyl (C=O) groups excluding carboxylic acids is 1. The van der Waals surface area contributed by atoms with Crippen LogP contribution in [0.25, 0.3) is 0 Å². The van der Waals surface area contributed by atoms with Crippen molar-refractivity contribution in [2.24, 2.45) is 0 Å². The molecule has 2 aromatic rings. The van der Waals surface area contributed by atoms with Crippen molar-refractivity contribution in [3.05, 3.63) is 49.6 Å². The number of rotatable bonds is 14. The third-order valence-corrected chi connectivity index (χ3v) is 6.51. The summed E-state index contributed by atoms with van der Waals surface area (Å²) in [6.07, 6.45) is 4.36. The lowest BCUT2D eigenvalue weighted by atomic mass is 10.1. The fourth-order valence-electron chi connectivity index (χ4n) is 2.96. The van der Waals surface area contributed by atoms with Gasteiger partial charge in [-0.1, -0.05) is 36.0 Å². The Balaban J connectivity index is 1.46. The lowest BCUT2D eigenvalue weighted by Gasteiger charge is -2.14. The molecule has 6 nitrogen and oxygen atoms in total. The van der Waals surface area contributed by atoms with Crippen molar-refractivity contribution in [3.8, 4) is 0 Å². The highest BCUT2D eigenvalue weighted by atomic mass is 35.5. The molecule has 172 valence electrons. The van der Waals surface area contributed by atoms with Crippen LogP contribution in [0, 0.1) is 0 Å². The minimum atomic E-state index is -0.684. The summed E-state index contributed by atoms with van der Waals surface area (Å²) in [4.78, 5) is 13.2. The summed E-state index contributed by atoms with van der Waals surface area (Å²) in [6.45, 7) is 2.65. The molecule has 2 rings (SSSR count).